The summed E-state index contributed by atoms with van der Waals surface area (Å²) in [6.07, 6.45) is 3.05. The van der Waals surface area contributed by atoms with Gasteiger partial charge in [0.1, 0.15) is 18.2 Å². The van der Waals surface area contributed by atoms with Gasteiger partial charge in [-0.25, -0.2) is 0 Å². The molecule has 1 aromatic rings. The number of amides is 1. The quantitative estimate of drug-likeness (QED) is 0.872. The van der Waals surface area contributed by atoms with E-state index in [1.807, 2.05) is 19.1 Å². The summed E-state index contributed by atoms with van der Waals surface area (Å²) in [5, 5.41) is 21.0. The van der Waals surface area contributed by atoms with E-state index in [2.05, 4.69) is 16.3 Å². The Morgan fingerprint density at radius 3 is 2.55 bits per heavy atom. The summed E-state index contributed by atoms with van der Waals surface area (Å²) in [6.45, 7) is 2.79. The Labute approximate surface area is 131 Å². The van der Waals surface area contributed by atoms with Gasteiger partial charge in [-0.2, -0.15) is 10.5 Å². The molecule has 2 rings (SSSR count). The number of hydrogen-bond donors (Lipinski definition) is 1. The maximum Gasteiger partial charge on any atom is 0.242 e. The van der Waals surface area contributed by atoms with E-state index in [0.29, 0.717) is 23.5 Å². The van der Waals surface area contributed by atoms with E-state index >= 15 is 0 Å². The van der Waals surface area contributed by atoms with Crippen molar-refractivity contribution in [3.63, 3.8) is 0 Å². The van der Waals surface area contributed by atoms with E-state index in [4.69, 9.17) is 5.26 Å². The molecule has 0 aromatic heterocycles. The van der Waals surface area contributed by atoms with Crippen LogP contribution in [0.15, 0.2) is 18.2 Å². The SMILES string of the molecule is CCC(C(=O)NC)N(CC1CC1)c1ccc(C#N)c(C#N)c1. The minimum atomic E-state index is -0.259. The first-order chi connectivity index (χ1) is 10.6. The number of nitriles is 2. The smallest absolute Gasteiger partial charge is 0.242 e. The molecular formula is C17H20N4O. The lowest BCUT2D eigenvalue weighted by Gasteiger charge is -2.32. The molecule has 1 amide bonds. The molecule has 22 heavy (non-hydrogen) atoms. The van der Waals surface area contributed by atoms with Gasteiger partial charge in [-0.1, -0.05) is 6.92 Å². The third kappa shape index (κ3) is 3.38. The van der Waals surface area contributed by atoms with E-state index in [0.717, 1.165) is 12.2 Å². The normalized spacial score (nSPS) is 14.5. The van der Waals surface area contributed by atoms with Gasteiger partial charge in [-0.3, -0.25) is 4.79 Å². The van der Waals surface area contributed by atoms with E-state index in [1.54, 1.807) is 19.2 Å². The van der Waals surface area contributed by atoms with Gasteiger partial charge >= 0.3 is 0 Å². The highest BCUT2D eigenvalue weighted by Crippen LogP contribution is 2.33. The van der Waals surface area contributed by atoms with Crippen molar-refractivity contribution in [3.05, 3.63) is 29.3 Å². The second kappa shape index (κ2) is 6.95. The van der Waals surface area contributed by atoms with Crippen LogP contribution < -0.4 is 10.2 Å². The molecule has 0 bridgehead atoms. The predicted octanol–water partition coefficient (Wildman–Crippen LogP) is 2.17. The highest BCUT2D eigenvalue weighted by Gasteiger charge is 2.31. The third-order valence-corrected chi connectivity index (χ3v) is 4.04. The van der Waals surface area contributed by atoms with E-state index in [-0.39, 0.29) is 11.9 Å². The van der Waals surface area contributed by atoms with Gasteiger partial charge in [-0.05, 0) is 43.4 Å². The molecule has 1 atom stereocenters. The number of hydrogen-bond acceptors (Lipinski definition) is 4. The zero-order chi connectivity index (χ0) is 16.1. The van der Waals surface area contributed by atoms with Crippen molar-refractivity contribution in [2.24, 2.45) is 5.92 Å². The zero-order valence-corrected chi connectivity index (χ0v) is 13.0. The van der Waals surface area contributed by atoms with Crippen LogP contribution in [-0.2, 0) is 4.79 Å². The molecular weight excluding hydrogens is 276 g/mol. The summed E-state index contributed by atoms with van der Waals surface area (Å²) in [7, 11) is 1.64. The highest BCUT2D eigenvalue weighted by atomic mass is 16.2. The molecule has 1 saturated carbocycles. The van der Waals surface area contributed by atoms with Crippen LogP contribution in [0.2, 0.25) is 0 Å². The first kappa shape index (κ1) is 15.9. The number of nitrogens with zero attached hydrogens (tertiary/aromatic N) is 3. The molecule has 1 aromatic carbocycles. The van der Waals surface area contributed by atoms with Crippen molar-refractivity contribution >= 4 is 11.6 Å². The Morgan fingerprint density at radius 1 is 1.36 bits per heavy atom. The van der Waals surface area contributed by atoms with Gasteiger partial charge < -0.3 is 10.2 Å². The van der Waals surface area contributed by atoms with Crippen LogP contribution in [-0.4, -0.2) is 25.5 Å². The Bertz CT molecular complexity index is 637. The minimum absolute atomic E-state index is 0.0222. The summed E-state index contributed by atoms with van der Waals surface area (Å²) in [4.78, 5) is 14.2. The summed E-state index contributed by atoms with van der Waals surface area (Å²) in [5.41, 5.74) is 1.55. The average molecular weight is 296 g/mol. The number of nitrogens with one attached hydrogen (secondary N) is 1. The molecule has 0 heterocycles. The standard InChI is InChI=1S/C17H20N4O/c1-3-16(17(22)20-2)21(11-12-4-5-12)15-7-6-13(9-18)14(8-15)10-19/h6-8,12,16H,3-5,11H2,1-2H3,(H,20,22). The van der Waals surface area contributed by atoms with E-state index < -0.39 is 0 Å². The van der Waals surface area contributed by atoms with Gasteiger partial charge in [0, 0.05) is 19.3 Å². The summed E-state index contributed by atoms with van der Waals surface area (Å²) in [6, 6.07) is 9.02. The summed E-state index contributed by atoms with van der Waals surface area (Å²) >= 11 is 0. The molecule has 114 valence electrons. The van der Waals surface area contributed by atoms with Crippen molar-refractivity contribution in [1.29, 1.82) is 10.5 Å². The Morgan fingerprint density at radius 2 is 2.05 bits per heavy atom. The van der Waals surface area contributed by atoms with Gasteiger partial charge in [0.05, 0.1) is 11.1 Å². The number of likely N-dealkylation sites (N-methyl/N-ethyl adjacent to an activating group) is 1. The molecule has 0 saturated heterocycles. The first-order valence-corrected chi connectivity index (χ1v) is 7.57. The largest absolute Gasteiger partial charge is 0.359 e. The van der Waals surface area contributed by atoms with Crippen LogP contribution in [0.5, 0.6) is 0 Å². The zero-order valence-electron chi connectivity index (χ0n) is 13.0. The van der Waals surface area contributed by atoms with Crippen LogP contribution in [0, 0.1) is 28.6 Å². The van der Waals surface area contributed by atoms with Gasteiger partial charge in [-0.15, -0.1) is 0 Å². The summed E-state index contributed by atoms with van der Waals surface area (Å²) < 4.78 is 0. The molecule has 1 aliphatic carbocycles. The molecule has 1 N–H and O–H groups in total. The van der Waals surface area contributed by atoms with Crippen LogP contribution >= 0.6 is 0 Å². The molecule has 5 heteroatoms. The fourth-order valence-electron chi connectivity index (χ4n) is 2.61. The second-order valence-corrected chi connectivity index (χ2v) is 5.59. The number of anilines is 1. The first-order valence-electron chi connectivity index (χ1n) is 7.57. The lowest BCUT2D eigenvalue weighted by Crippen LogP contribution is -2.46. The third-order valence-electron chi connectivity index (χ3n) is 4.04. The van der Waals surface area contributed by atoms with Crippen LogP contribution in [0.3, 0.4) is 0 Å². The molecule has 1 aliphatic rings. The number of rotatable bonds is 6. The van der Waals surface area contributed by atoms with Crippen molar-refractivity contribution < 1.29 is 4.79 Å². The molecule has 0 radical (unpaired) electrons. The van der Waals surface area contributed by atoms with Crippen LogP contribution in [0.4, 0.5) is 5.69 Å². The Hall–Kier alpha value is -2.53. The fraction of sp³-hybridized carbons (Fsp3) is 0.471. The molecule has 1 unspecified atom stereocenters. The average Bonchev–Trinajstić information content (AvgIpc) is 3.37. The van der Waals surface area contributed by atoms with Crippen molar-refractivity contribution in [2.45, 2.75) is 32.2 Å². The molecule has 0 aliphatic heterocycles. The van der Waals surface area contributed by atoms with Crippen LogP contribution in [0.25, 0.3) is 0 Å². The lowest BCUT2D eigenvalue weighted by molar-refractivity contribution is -0.122. The second-order valence-electron chi connectivity index (χ2n) is 5.59. The minimum Gasteiger partial charge on any atom is -0.359 e. The molecule has 0 spiro atoms. The van der Waals surface area contributed by atoms with Crippen molar-refractivity contribution in [3.8, 4) is 12.1 Å². The van der Waals surface area contributed by atoms with E-state index in [9.17, 15) is 10.1 Å². The highest BCUT2D eigenvalue weighted by molar-refractivity contribution is 5.85. The fourth-order valence-corrected chi connectivity index (χ4v) is 2.61. The lowest BCUT2D eigenvalue weighted by atomic mass is 10.1. The van der Waals surface area contributed by atoms with Crippen molar-refractivity contribution in [1.82, 2.24) is 5.32 Å². The number of carbonyl (C=O) groups is 1. The van der Waals surface area contributed by atoms with Crippen LogP contribution in [0.1, 0.15) is 37.3 Å². The maximum absolute atomic E-state index is 12.2. The Kier molecular flexibility index (Phi) is 5.01. The Balaban J connectivity index is 2.38. The summed E-state index contributed by atoms with van der Waals surface area (Å²) in [5.74, 6) is 0.589. The van der Waals surface area contributed by atoms with E-state index in [1.165, 1.54) is 12.8 Å². The van der Waals surface area contributed by atoms with Gasteiger partial charge in [0.2, 0.25) is 5.91 Å². The predicted molar refractivity (Wildman–Crippen MR) is 84.1 cm³/mol. The monoisotopic (exact) mass is 296 g/mol. The number of benzene rings is 1. The van der Waals surface area contributed by atoms with Crippen molar-refractivity contribution in [2.75, 3.05) is 18.5 Å². The number of carbonyl (C=O) groups excluding carboxylic acids is 1. The van der Waals surface area contributed by atoms with Gasteiger partial charge in [0.15, 0.2) is 0 Å². The molecule has 5 nitrogen and oxygen atoms in total. The van der Waals surface area contributed by atoms with Gasteiger partial charge in [0.25, 0.3) is 0 Å². The maximum atomic E-state index is 12.2. The molecule has 1 fully saturated rings. The topological polar surface area (TPSA) is 79.9 Å².